The minimum atomic E-state index is -0.931. The molecule has 0 unspecified atom stereocenters. The van der Waals surface area contributed by atoms with E-state index in [4.69, 9.17) is 15.1 Å². The Kier molecular flexibility index (Phi) is 20.6. The molecule has 2 aliphatic rings. The Labute approximate surface area is 506 Å². The predicted octanol–water partition coefficient (Wildman–Crippen LogP) is 18.4. The number of nitrogens with one attached hydrogen (secondary N) is 4. The van der Waals surface area contributed by atoms with Crippen molar-refractivity contribution in [2.24, 2.45) is 0 Å². The maximum absolute atomic E-state index is 11.6. The molecule has 0 spiro atoms. The molecule has 2 heterocycles. The zero-order valence-corrected chi connectivity index (χ0v) is 49.8. The molecule has 11 nitrogen and oxygen atoms in total. The number of aromatic carboxylic acids is 1. The highest BCUT2D eigenvalue weighted by Crippen LogP contribution is 2.49. The van der Waals surface area contributed by atoms with Gasteiger partial charge >= 0.3 is 11.9 Å². The summed E-state index contributed by atoms with van der Waals surface area (Å²) in [7, 11) is 1.38. The molecule has 86 heavy (non-hydrogen) atoms. The van der Waals surface area contributed by atoms with Crippen molar-refractivity contribution < 1.29 is 24.5 Å². The number of ether oxygens (including phenoxy) is 1. The Morgan fingerprint density at radius 3 is 1.28 bits per heavy atom. The van der Waals surface area contributed by atoms with Gasteiger partial charge in [-0.25, -0.2) is 9.59 Å². The zero-order valence-electron chi connectivity index (χ0n) is 49.8. The molecule has 12 rings (SSSR count). The molecule has 0 saturated heterocycles. The lowest BCUT2D eigenvalue weighted by Crippen LogP contribution is -2.33. The topological polar surface area (TPSA) is 159 Å². The fraction of sp³-hybridized carbons (Fsp3) is 0.160. The van der Waals surface area contributed by atoms with Crippen molar-refractivity contribution in [1.29, 1.82) is 5.26 Å². The van der Waals surface area contributed by atoms with Gasteiger partial charge in [-0.2, -0.15) is 5.26 Å². The third-order valence-electron chi connectivity index (χ3n) is 14.9. The molecule has 10 aromatic rings. The van der Waals surface area contributed by atoms with Crippen LogP contribution in [0.2, 0.25) is 0 Å². The second kappa shape index (κ2) is 28.7. The summed E-state index contributed by atoms with van der Waals surface area (Å²) in [6, 6.07) is 87.4. The van der Waals surface area contributed by atoms with Gasteiger partial charge in [0.2, 0.25) is 0 Å². The van der Waals surface area contributed by atoms with Crippen LogP contribution in [0.4, 0.5) is 56.9 Å². The van der Waals surface area contributed by atoms with Crippen molar-refractivity contribution in [3.05, 3.63) is 300 Å². The lowest BCUT2D eigenvalue weighted by atomic mass is 9.73. The van der Waals surface area contributed by atoms with Crippen LogP contribution in [0, 0.1) is 11.3 Å². The molecule has 0 aromatic heterocycles. The molecule has 0 fully saturated rings. The monoisotopic (exact) mass is 1140 g/mol. The smallest absolute Gasteiger partial charge is 0.339 e. The van der Waals surface area contributed by atoms with Crippen LogP contribution in [0.25, 0.3) is 0 Å². The number of nitrogens with zero attached hydrogens (tertiary/aromatic N) is 2. The van der Waals surface area contributed by atoms with Crippen molar-refractivity contribution in [2.75, 3.05) is 39.8 Å². The van der Waals surface area contributed by atoms with Gasteiger partial charge < -0.3 is 41.1 Å². The van der Waals surface area contributed by atoms with Gasteiger partial charge in [0.25, 0.3) is 0 Å². The first-order chi connectivity index (χ1) is 41.5. The Morgan fingerprint density at radius 2 is 0.837 bits per heavy atom. The number of carbonyl (C=O) groups is 2. The van der Waals surface area contributed by atoms with Gasteiger partial charge in [0, 0.05) is 68.4 Å². The third-order valence-corrected chi connectivity index (χ3v) is 14.9. The van der Waals surface area contributed by atoms with Crippen molar-refractivity contribution in [1.82, 2.24) is 0 Å². The maximum Gasteiger partial charge on any atom is 0.339 e. The van der Waals surface area contributed by atoms with Gasteiger partial charge in [-0.05, 0) is 127 Å². The number of esters is 1. The first-order valence-corrected chi connectivity index (χ1v) is 28.6. The van der Waals surface area contributed by atoms with E-state index in [1.54, 1.807) is 44.2 Å². The van der Waals surface area contributed by atoms with Crippen molar-refractivity contribution in [3.8, 4) is 6.07 Å². The Hall–Kier alpha value is -10.4. The second-order valence-electron chi connectivity index (χ2n) is 22.0. The molecule has 0 radical (unpaired) electrons. The van der Waals surface area contributed by atoms with Gasteiger partial charge in [0.05, 0.1) is 47.7 Å². The molecular weight excluding hydrogens is 1060 g/mol. The van der Waals surface area contributed by atoms with Gasteiger partial charge in [0.1, 0.15) is 0 Å². The van der Waals surface area contributed by atoms with E-state index in [1.165, 1.54) is 52.1 Å². The Bertz CT molecular complexity index is 3800. The summed E-state index contributed by atoms with van der Waals surface area (Å²) < 4.78 is 4.74. The molecule has 0 saturated carbocycles. The number of nitriles is 1. The summed E-state index contributed by atoms with van der Waals surface area (Å²) in [6.45, 7) is 13.4. The van der Waals surface area contributed by atoms with E-state index < -0.39 is 11.6 Å². The van der Waals surface area contributed by atoms with E-state index in [0.29, 0.717) is 17.7 Å². The predicted molar refractivity (Wildman–Crippen MR) is 353 cm³/mol. The van der Waals surface area contributed by atoms with Crippen molar-refractivity contribution in [2.45, 2.75) is 64.4 Å². The lowest BCUT2D eigenvalue weighted by molar-refractivity contribution is 0.0600. The average molecular weight is 1140 g/mol. The van der Waals surface area contributed by atoms with Crippen molar-refractivity contribution in [3.63, 3.8) is 0 Å². The molecular formula is C75H74N6O5. The van der Waals surface area contributed by atoms with Gasteiger partial charge in [-0.3, -0.25) is 0 Å². The summed E-state index contributed by atoms with van der Waals surface area (Å²) in [4.78, 5) is 24.8. The van der Waals surface area contributed by atoms with E-state index in [-0.39, 0.29) is 22.4 Å². The van der Waals surface area contributed by atoms with E-state index in [0.717, 1.165) is 40.5 Å². The molecule has 0 atom stereocenters. The van der Waals surface area contributed by atoms with Crippen LogP contribution in [0.3, 0.4) is 0 Å². The van der Waals surface area contributed by atoms with Gasteiger partial charge in [-0.1, -0.05) is 198 Å². The number of benzene rings is 10. The number of para-hydroxylation sites is 10. The summed E-state index contributed by atoms with van der Waals surface area (Å²) in [6.07, 6.45) is 0.531. The number of fused-ring (bicyclic) bond motifs is 4. The summed E-state index contributed by atoms with van der Waals surface area (Å²) >= 11 is 0. The van der Waals surface area contributed by atoms with Gasteiger partial charge in [0.15, 0.2) is 0 Å². The maximum atomic E-state index is 11.6. The fourth-order valence-corrected chi connectivity index (χ4v) is 10.5. The molecule has 0 aliphatic carbocycles. The van der Waals surface area contributed by atoms with Crippen molar-refractivity contribution >= 4 is 68.8 Å². The second-order valence-corrected chi connectivity index (χ2v) is 22.0. The Balaban J connectivity index is 0.000000140. The van der Waals surface area contributed by atoms with E-state index in [2.05, 4.69) is 157 Å². The summed E-state index contributed by atoms with van der Waals surface area (Å²) in [5.74, 6) is -1.27. The summed E-state index contributed by atoms with van der Waals surface area (Å²) in [5.41, 5.74) is 16.3. The first kappa shape index (κ1) is 61.7. The molecule has 10 aromatic carbocycles. The largest absolute Gasteiger partial charge is 0.478 e. The van der Waals surface area contributed by atoms with Crippen LogP contribution in [-0.4, -0.2) is 35.8 Å². The zero-order chi connectivity index (χ0) is 61.1. The number of aliphatic hydroxyl groups is 1. The van der Waals surface area contributed by atoms with E-state index in [1.807, 2.05) is 133 Å². The highest BCUT2D eigenvalue weighted by Gasteiger charge is 2.36. The number of methoxy groups -OCH3 is 1. The average Bonchev–Trinajstić information content (AvgIpc) is 1.37. The normalized spacial score (nSPS) is 12.4. The van der Waals surface area contributed by atoms with Gasteiger partial charge in [-0.15, -0.1) is 0 Å². The highest BCUT2D eigenvalue weighted by molar-refractivity contribution is 5.96. The van der Waals surface area contributed by atoms with Crippen LogP contribution in [0.1, 0.15) is 96.5 Å². The van der Waals surface area contributed by atoms with E-state index >= 15 is 0 Å². The molecule has 0 amide bonds. The standard InChI is InChI=1S/C18H18N2.C15H17NO.C15H15N.C14H13NO2.C13H11NO2/c1-18(2)14-8-3-5-10-16(14)20(13-7-12-19)17-11-6-4-9-15(17)18;1-15(2,17)13-10-6-7-11-14(13)16-12-8-4-3-5-9-12;1-15(2)11-7-3-5-9-13(11)16-14-10-6-4-8-12(14)15;1-17-14(16)12-9-5-6-10-13(12)15-11-7-3-2-4-8-11;15-13(16)11-8-4-5-9-12(11)14-10-6-2-1-3-7-10/h3-6,8-11H,7,13H2,1-2H3;3-11,16-17H,1-2H3;3-10,16H,1-2H3;2-10,15H,1H3;1-9,14H,(H,15,16). The molecule has 2 aliphatic heterocycles. The molecule has 434 valence electrons. The van der Waals surface area contributed by atoms with Crippen LogP contribution in [0.5, 0.6) is 0 Å². The summed E-state index contributed by atoms with van der Waals surface area (Å²) in [5, 5.41) is 41.1. The quantitative estimate of drug-likeness (QED) is 0.0685. The van der Waals surface area contributed by atoms with Crippen LogP contribution in [0.15, 0.2) is 261 Å². The lowest BCUT2D eigenvalue weighted by Gasteiger charge is -2.41. The number of hydrogen-bond acceptors (Lipinski definition) is 10. The first-order valence-electron chi connectivity index (χ1n) is 28.6. The minimum absolute atomic E-state index is 0.00364. The number of carbonyl (C=O) groups excluding carboxylic acids is 1. The third kappa shape index (κ3) is 15.4. The van der Waals surface area contributed by atoms with Crippen LogP contribution in [-0.2, 0) is 21.2 Å². The SMILES string of the molecule is CC(C)(O)c1ccccc1Nc1ccccc1.CC1(C)c2ccccc2N(CCC#N)c2ccccc21.CC1(C)c2ccccc2Nc2ccccc21.COC(=O)c1ccccc1Nc1ccccc1.O=C(O)c1ccccc1Nc1ccccc1. The molecule has 6 N–H and O–H groups in total. The number of anilines is 10. The number of carboxylic acids is 1. The Morgan fingerprint density at radius 1 is 0.488 bits per heavy atom. The number of rotatable bonds is 11. The number of carboxylic acid groups (broad SMARTS) is 1. The molecule has 11 heteroatoms. The number of hydrogen-bond donors (Lipinski definition) is 6. The molecule has 0 bridgehead atoms. The highest BCUT2D eigenvalue weighted by atomic mass is 16.5. The fourth-order valence-electron chi connectivity index (χ4n) is 10.5. The van der Waals surface area contributed by atoms with Crippen LogP contribution < -0.4 is 26.2 Å². The van der Waals surface area contributed by atoms with E-state index in [9.17, 15) is 14.7 Å². The minimum Gasteiger partial charge on any atom is -0.478 e. The van der Waals surface area contributed by atoms with Crippen LogP contribution >= 0.6 is 0 Å².